The third kappa shape index (κ3) is 1.65. The molecule has 0 radical (unpaired) electrons. The van der Waals surface area contributed by atoms with Crippen LogP contribution in [0.3, 0.4) is 0 Å². The van der Waals surface area contributed by atoms with Crippen molar-refractivity contribution >= 4 is 28.4 Å². The summed E-state index contributed by atoms with van der Waals surface area (Å²) in [5.74, 6) is 1.46. The van der Waals surface area contributed by atoms with Gasteiger partial charge in [-0.15, -0.1) is 11.3 Å². The van der Waals surface area contributed by atoms with E-state index in [9.17, 15) is 4.79 Å². The molecule has 1 atom stereocenters. The molecule has 1 aliphatic heterocycles. The van der Waals surface area contributed by atoms with Crippen molar-refractivity contribution < 1.29 is 4.79 Å². The highest BCUT2D eigenvalue weighted by Crippen LogP contribution is 2.32. The molecule has 0 saturated carbocycles. The lowest BCUT2D eigenvalue weighted by Gasteiger charge is -2.28. The quantitative estimate of drug-likeness (QED) is 0.799. The van der Waals surface area contributed by atoms with Crippen molar-refractivity contribution in [1.29, 1.82) is 0 Å². The summed E-state index contributed by atoms with van der Waals surface area (Å²) < 4.78 is 1.89. The van der Waals surface area contributed by atoms with E-state index in [1.807, 2.05) is 16.0 Å². The van der Waals surface area contributed by atoms with Gasteiger partial charge < -0.3 is 4.90 Å². The first-order valence-electron chi connectivity index (χ1n) is 6.39. The van der Waals surface area contributed by atoms with Crippen LogP contribution in [0.1, 0.15) is 37.2 Å². The van der Waals surface area contributed by atoms with E-state index in [2.05, 4.69) is 23.7 Å². The number of imidazole rings is 1. The lowest BCUT2D eigenvalue weighted by Crippen LogP contribution is -2.34. The monoisotopic (exact) mass is 263 g/mol. The molecule has 2 aromatic rings. The van der Waals surface area contributed by atoms with Gasteiger partial charge in [-0.05, 0) is 18.8 Å². The fraction of sp³-hybridized carbons (Fsp3) is 0.538. The molecule has 0 aromatic carbocycles. The summed E-state index contributed by atoms with van der Waals surface area (Å²) in [4.78, 5) is 19.2. The van der Waals surface area contributed by atoms with Crippen molar-refractivity contribution in [3.63, 3.8) is 0 Å². The summed E-state index contributed by atoms with van der Waals surface area (Å²) in [6, 6.07) is 0.508. The molecule has 4 nitrogen and oxygen atoms in total. The number of anilines is 1. The molecule has 1 aliphatic rings. The minimum atomic E-state index is 0.508. The van der Waals surface area contributed by atoms with E-state index in [4.69, 9.17) is 0 Å². The van der Waals surface area contributed by atoms with E-state index in [1.54, 1.807) is 11.3 Å². The Morgan fingerprint density at radius 3 is 3.11 bits per heavy atom. The Labute approximate surface area is 110 Å². The standard InChI is InChI=1S/C13H17N3OS/c1-9(2)10-4-3-5-15(10)12-11(8-17)16-6-7-18-13(16)14-12/h6-10H,3-5H2,1-2H3. The molecule has 0 N–H and O–H groups in total. The maximum atomic E-state index is 11.4. The van der Waals surface area contributed by atoms with Crippen LogP contribution in [-0.2, 0) is 0 Å². The number of thiazole rings is 1. The largest absolute Gasteiger partial charge is 0.351 e. The lowest BCUT2D eigenvalue weighted by atomic mass is 10.0. The van der Waals surface area contributed by atoms with Crippen LogP contribution in [-0.4, -0.2) is 28.3 Å². The van der Waals surface area contributed by atoms with Crippen LogP contribution < -0.4 is 4.90 Å². The molecule has 1 fully saturated rings. The number of hydrogen-bond donors (Lipinski definition) is 0. The zero-order valence-electron chi connectivity index (χ0n) is 10.7. The molecular formula is C13H17N3OS. The number of carbonyl (C=O) groups is 1. The van der Waals surface area contributed by atoms with Gasteiger partial charge in [0.15, 0.2) is 17.1 Å². The third-order valence-corrected chi connectivity index (χ3v) is 4.49. The number of aldehydes is 1. The molecule has 0 spiro atoms. The second-order valence-corrected chi connectivity index (χ2v) is 6.01. The summed E-state index contributed by atoms with van der Waals surface area (Å²) >= 11 is 1.57. The van der Waals surface area contributed by atoms with Crippen molar-refractivity contribution in [3.8, 4) is 0 Å². The second kappa shape index (κ2) is 4.39. The van der Waals surface area contributed by atoms with E-state index >= 15 is 0 Å². The fourth-order valence-electron chi connectivity index (χ4n) is 2.86. The van der Waals surface area contributed by atoms with Gasteiger partial charge in [-0.2, -0.15) is 0 Å². The van der Waals surface area contributed by atoms with Gasteiger partial charge >= 0.3 is 0 Å². The Morgan fingerprint density at radius 2 is 2.39 bits per heavy atom. The molecule has 3 heterocycles. The first kappa shape index (κ1) is 11.7. The van der Waals surface area contributed by atoms with Gasteiger partial charge in [-0.25, -0.2) is 4.98 Å². The molecule has 0 amide bonds. The second-order valence-electron chi connectivity index (χ2n) is 5.14. The van der Waals surface area contributed by atoms with Crippen molar-refractivity contribution in [2.24, 2.45) is 5.92 Å². The van der Waals surface area contributed by atoms with Crippen LogP contribution in [0.15, 0.2) is 11.6 Å². The SMILES string of the molecule is CC(C)C1CCCN1c1nc2sccn2c1C=O. The van der Waals surface area contributed by atoms with Gasteiger partial charge in [0, 0.05) is 24.2 Å². The smallest absolute Gasteiger partial charge is 0.196 e. The van der Waals surface area contributed by atoms with Crippen LogP contribution in [0, 0.1) is 5.92 Å². The normalized spacial score (nSPS) is 20.2. The number of hydrogen-bond acceptors (Lipinski definition) is 4. The van der Waals surface area contributed by atoms with Gasteiger partial charge in [0.25, 0.3) is 0 Å². The van der Waals surface area contributed by atoms with Gasteiger partial charge in [0.1, 0.15) is 5.69 Å². The van der Waals surface area contributed by atoms with Crippen molar-refractivity contribution in [2.75, 3.05) is 11.4 Å². The minimum Gasteiger partial charge on any atom is -0.351 e. The molecule has 1 saturated heterocycles. The van der Waals surface area contributed by atoms with E-state index in [1.165, 1.54) is 12.8 Å². The van der Waals surface area contributed by atoms with Crippen molar-refractivity contribution in [1.82, 2.24) is 9.38 Å². The molecule has 18 heavy (non-hydrogen) atoms. The summed E-state index contributed by atoms with van der Waals surface area (Å²) in [5.41, 5.74) is 0.693. The number of carbonyl (C=O) groups excluding carboxylic acids is 1. The molecule has 0 aliphatic carbocycles. The predicted molar refractivity (Wildman–Crippen MR) is 73.7 cm³/mol. The highest BCUT2D eigenvalue weighted by Gasteiger charge is 2.31. The molecule has 0 bridgehead atoms. The highest BCUT2D eigenvalue weighted by molar-refractivity contribution is 7.15. The molecule has 5 heteroatoms. The van der Waals surface area contributed by atoms with Gasteiger partial charge in [-0.1, -0.05) is 13.8 Å². The van der Waals surface area contributed by atoms with Crippen LogP contribution in [0.2, 0.25) is 0 Å². The first-order valence-corrected chi connectivity index (χ1v) is 7.27. The number of nitrogens with zero attached hydrogens (tertiary/aromatic N) is 3. The van der Waals surface area contributed by atoms with Crippen LogP contribution in [0.25, 0.3) is 4.96 Å². The summed E-state index contributed by atoms with van der Waals surface area (Å²) in [5, 5.41) is 1.96. The average molecular weight is 263 g/mol. The Morgan fingerprint density at radius 1 is 1.56 bits per heavy atom. The van der Waals surface area contributed by atoms with Crippen molar-refractivity contribution in [3.05, 3.63) is 17.3 Å². The van der Waals surface area contributed by atoms with Gasteiger partial charge in [0.2, 0.25) is 0 Å². The Kier molecular flexibility index (Phi) is 2.86. The number of aromatic nitrogens is 2. The zero-order valence-corrected chi connectivity index (χ0v) is 11.5. The fourth-order valence-corrected chi connectivity index (χ4v) is 3.58. The number of rotatable bonds is 3. The molecular weight excluding hydrogens is 246 g/mol. The lowest BCUT2D eigenvalue weighted by molar-refractivity contribution is 0.111. The van der Waals surface area contributed by atoms with Gasteiger partial charge in [-0.3, -0.25) is 9.20 Å². The average Bonchev–Trinajstić information content (AvgIpc) is 3.02. The zero-order chi connectivity index (χ0) is 12.7. The van der Waals surface area contributed by atoms with E-state index in [0.717, 1.165) is 23.6 Å². The van der Waals surface area contributed by atoms with E-state index < -0.39 is 0 Å². The molecule has 3 rings (SSSR count). The number of fused-ring (bicyclic) bond motifs is 1. The van der Waals surface area contributed by atoms with Crippen LogP contribution in [0.4, 0.5) is 5.82 Å². The minimum absolute atomic E-state index is 0.508. The Hall–Kier alpha value is -1.36. The Bertz CT molecular complexity index is 572. The van der Waals surface area contributed by atoms with Crippen LogP contribution >= 0.6 is 11.3 Å². The van der Waals surface area contributed by atoms with Crippen LogP contribution in [0.5, 0.6) is 0 Å². The molecule has 96 valence electrons. The van der Waals surface area contributed by atoms with E-state index in [-0.39, 0.29) is 0 Å². The summed E-state index contributed by atoms with van der Waals surface area (Å²) in [6.07, 6.45) is 5.23. The van der Waals surface area contributed by atoms with E-state index in [0.29, 0.717) is 17.7 Å². The maximum absolute atomic E-state index is 11.4. The predicted octanol–water partition coefficient (Wildman–Crippen LogP) is 2.83. The van der Waals surface area contributed by atoms with Crippen molar-refractivity contribution in [2.45, 2.75) is 32.7 Å². The third-order valence-electron chi connectivity index (χ3n) is 3.73. The van der Waals surface area contributed by atoms with Gasteiger partial charge in [0.05, 0.1) is 0 Å². The molecule has 2 aromatic heterocycles. The Balaban J connectivity index is 2.07. The summed E-state index contributed by atoms with van der Waals surface area (Å²) in [6.45, 7) is 5.48. The summed E-state index contributed by atoms with van der Waals surface area (Å²) in [7, 11) is 0. The topological polar surface area (TPSA) is 37.6 Å². The first-order chi connectivity index (χ1) is 8.72. The maximum Gasteiger partial charge on any atom is 0.196 e. The molecule has 1 unspecified atom stereocenters. The highest BCUT2D eigenvalue weighted by atomic mass is 32.1.